The molecule has 2 atom stereocenters. The predicted octanol–water partition coefficient (Wildman–Crippen LogP) is 2.22. The highest BCUT2D eigenvalue weighted by Gasteiger charge is 2.41. The van der Waals surface area contributed by atoms with Crippen LogP contribution in [0.5, 0.6) is 0 Å². The minimum atomic E-state index is -0.611. The summed E-state index contributed by atoms with van der Waals surface area (Å²) in [5, 5.41) is 0. The molecule has 3 rings (SSSR count). The summed E-state index contributed by atoms with van der Waals surface area (Å²) in [6, 6.07) is 10.4. The van der Waals surface area contributed by atoms with Gasteiger partial charge in [-0.15, -0.1) is 0 Å². The van der Waals surface area contributed by atoms with E-state index in [0.29, 0.717) is 19.7 Å². The van der Waals surface area contributed by atoms with Gasteiger partial charge in [0.15, 0.2) is 5.79 Å². The van der Waals surface area contributed by atoms with Gasteiger partial charge in [0.1, 0.15) is 0 Å². The predicted molar refractivity (Wildman–Crippen MR) is 86.3 cm³/mol. The first-order valence-corrected chi connectivity index (χ1v) is 7.31. The molecule has 1 aromatic carbocycles. The molecule has 0 bridgehead atoms. The maximum Gasteiger partial charge on any atom is 0.187 e. The first-order chi connectivity index (χ1) is 10.3. The number of imidazole rings is 1. The molecular formula is C17H25N3O2. The Morgan fingerprint density at radius 2 is 2.14 bits per heavy atom. The van der Waals surface area contributed by atoms with Crippen molar-refractivity contribution in [3.8, 4) is 0 Å². The van der Waals surface area contributed by atoms with Crippen LogP contribution in [0.25, 0.3) is 0 Å². The van der Waals surface area contributed by atoms with Crippen molar-refractivity contribution in [3.63, 3.8) is 0 Å². The molecule has 1 fully saturated rings. The average Bonchev–Trinajstić information content (AvgIpc) is 3.17. The number of aryl methyl sites for hydroxylation is 1. The lowest BCUT2D eigenvalue weighted by Gasteiger charge is -2.28. The lowest BCUT2D eigenvalue weighted by molar-refractivity contribution is -0.181. The number of aromatic nitrogens is 2. The Hall–Kier alpha value is -1.69. The van der Waals surface area contributed by atoms with Crippen molar-refractivity contribution in [1.29, 1.82) is 0 Å². The van der Waals surface area contributed by atoms with Crippen molar-refractivity contribution in [3.05, 3.63) is 54.6 Å². The number of rotatable bonds is 6. The SMILES string of the molecule is C.NC[C@@H]1CO[C@@](CCc2ccccc2)(Cn2ccnc2)O1. The van der Waals surface area contributed by atoms with Crippen molar-refractivity contribution in [2.45, 2.75) is 38.7 Å². The highest BCUT2D eigenvalue weighted by atomic mass is 16.7. The van der Waals surface area contributed by atoms with Gasteiger partial charge in [-0.05, 0) is 12.0 Å². The molecule has 0 spiro atoms. The quantitative estimate of drug-likeness (QED) is 0.889. The Bertz CT molecular complexity index is 544. The van der Waals surface area contributed by atoms with Gasteiger partial charge in [-0.25, -0.2) is 4.98 Å². The van der Waals surface area contributed by atoms with Crippen LogP contribution in [0.15, 0.2) is 49.1 Å². The first-order valence-electron chi connectivity index (χ1n) is 7.31. The van der Waals surface area contributed by atoms with Crippen molar-refractivity contribution >= 4 is 0 Å². The second-order valence-corrected chi connectivity index (χ2v) is 5.42. The number of benzene rings is 1. The van der Waals surface area contributed by atoms with Crippen molar-refractivity contribution in [1.82, 2.24) is 9.55 Å². The standard InChI is InChI=1S/C16H21N3O2.CH4/c17-10-15-11-20-16(21-15,12-19-9-8-18-13-19)7-6-14-4-2-1-3-5-14;/h1-5,8-9,13,15H,6-7,10-12,17H2;1H4/t15-,16-;/m1./s1. The van der Waals surface area contributed by atoms with E-state index in [9.17, 15) is 0 Å². The Labute approximate surface area is 132 Å². The van der Waals surface area contributed by atoms with Gasteiger partial charge < -0.3 is 19.8 Å². The van der Waals surface area contributed by atoms with Gasteiger partial charge in [0.2, 0.25) is 0 Å². The molecule has 1 aliphatic heterocycles. The van der Waals surface area contributed by atoms with E-state index in [1.165, 1.54) is 5.56 Å². The third-order valence-corrected chi connectivity index (χ3v) is 3.80. The number of ether oxygens (including phenoxy) is 2. The Kier molecular flexibility index (Phi) is 5.71. The number of hydrogen-bond acceptors (Lipinski definition) is 4. The van der Waals surface area contributed by atoms with E-state index in [1.54, 1.807) is 12.5 Å². The lowest BCUT2D eigenvalue weighted by atomic mass is 10.0. The highest BCUT2D eigenvalue weighted by Crippen LogP contribution is 2.30. The van der Waals surface area contributed by atoms with Crippen LogP contribution < -0.4 is 5.73 Å². The zero-order chi connectivity index (χ0) is 14.5. The van der Waals surface area contributed by atoms with E-state index in [0.717, 1.165) is 12.8 Å². The fraction of sp³-hybridized carbons (Fsp3) is 0.471. The van der Waals surface area contributed by atoms with E-state index in [-0.39, 0.29) is 13.5 Å². The summed E-state index contributed by atoms with van der Waals surface area (Å²) in [4.78, 5) is 4.08. The number of hydrogen-bond donors (Lipinski definition) is 1. The van der Waals surface area contributed by atoms with Gasteiger partial charge >= 0.3 is 0 Å². The monoisotopic (exact) mass is 303 g/mol. The molecule has 0 saturated carbocycles. The Morgan fingerprint density at radius 1 is 1.32 bits per heavy atom. The second kappa shape index (κ2) is 7.54. The molecule has 5 nitrogen and oxygen atoms in total. The van der Waals surface area contributed by atoms with E-state index < -0.39 is 5.79 Å². The molecule has 0 unspecified atom stereocenters. The largest absolute Gasteiger partial charge is 0.345 e. The van der Waals surface area contributed by atoms with Crippen LogP contribution in [0.1, 0.15) is 19.4 Å². The highest BCUT2D eigenvalue weighted by molar-refractivity contribution is 5.15. The van der Waals surface area contributed by atoms with E-state index in [4.69, 9.17) is 15.2 Å². The zero-order valence-electron chi connectivity index (χ0n) is 12.0. The van der Waals surface area contributed by atoms with Crippen molar-refractivity contribution in [2.75, 3.05) is 13.2 Å². The van der Waals surface area contributed by atoms with E-state index in [1.807, 2.05) is 16.8 Å². The molecule has 1 aliphatic rings. The summed E-state index contributed by atoms with van der Waals surface area (Å²) < 4.78 is 14.1. The molecule has 2 heterocycles. The zero-order valence-corrected chi connectivity index (χ0v) is 12.0. The van der Waals surface area contributed by atoms with E-state index >= 15 is 0 Å². The molecule has 0 aliphatic carbocycles. The van der Waals surface area contributed by atoms with Crippen molar-refractivity contribution < 1.29 is 9.47 Å². The van der Waals surface area contributed by atoms with Crippen LogP contribution in [-0.4, -0.2) is 34.6 Å². The van der Waals surface area contributed by atoms with Crippen LogP contribution in [0.3, 0.4) is 0 Å². The van der Waals surface area contributed by atoms with Gasteiger partial charge in [0.25, 0.3) is 0 Å². The second-order valence-electron chi connectivity index (χ2n) is 5.42. The lowest BCUT2D eigenvalue weighted by Crippen LogP contribution is -2.37. The Morgan fingerprint density at radius 3 is 2.77 bits per heavy atom. The summed E-state index contributed by atoms with van der Waals surface area (Å²) >= 11 is 0. The van der Waals surface area contributed by atoms with Crippen LogP contribution in [0.4, 0.5) is 0 Å². The van der Waals surface area contributed by atoms with Crippen LogP contribution >= 0.6 is 0 Å². The summed E-state index contributed by atoms with van der Waals surface area (Å²) in [5.41, 5.74) is 6.99. The van der Waals surface area contributed by atoms with Crippen LogP contribution in [0, 0.1) is 0 Å². The molecule has 1 aromatic heterocycles. The van der Waals surface area contributed by atoms with Crippen LogP contribution in [-0.2, 0) is 22.4 Å². The average molecular weight is 303 g/mol. The van der Waals surface area contributed by atoms with Crippen molar-refractivity contribution in [2.24, 2.45) is 5.73 Å². The minimum Gasteiger partial charge on any atom is -0.345 e. The molecule has 2 aromatic rings. The molecule has 120 valence electrons. The third-order valence-electron chi connectivity index (χ3n) is 3.80. The topological polar surface area (TPSA) is 62.3 Å². The van der Waals surface area contributed by atoms with Gasteiger partial charge in [0.05, 0.1) is 25.6 Å². The molecule has 0 radical (unpaired) electrons. The maximum absolute atomic E-state index is 6.10. The smallest absolute Gasteiger partial charge is 0.187 e. The molecule has 5 heteroatoms. The Balaban J connectivity index is 0.00000176. The molecule has 1 saturated heterocycles. The van der Waals surface area contributed by atoms with E-state index in [2.05, 4.69) is 29.2 Å². The van der Waals surface area contributed by atoms with Gasteiger partial charge in [0, 0.05) is 25.4 Å². The fourth-order valence-corrected chi connectivity index (χ4v) is 2.66. The van der Waals surface area contributed by atoms with Gasteiger partial charge in [-0.3, -0.25) is 0 Å². The minimum absolute atomic E-state index is 0. The van der Waals surface area contributed by atoms with Gasteiger partial charge in [-0.2, -0.15) is 0 Å². The maximum atomic E-state index is 6.10. The molecule has 2 N–H and O–H groups in total. The molecular weight excluding hydrogens is 278 g/mol. The summed E-state index contributed by atoms with van der Waals surface area (Å²) in [7, 11) is 0. The summed E-state index contributed by atoms with van der Waals surface area (Å²) in [6.45, 7) is 1.67. The summed E-state index contributed by atoms with van der Waals surface area (Å²) in [6.07, 6.45) is 7.16. The fourth-order valence-electron chi connectivity index (χ4n) is 2.66. The van der Waals surface area contributed by atoms with Crippen LogP contribution in [0.2, 0.25) is 0 Å². The summed E-state index contributed by atoms with van der Waals surface area (Å²) in [5.74, 6) is -0.611. The number of nitrogens with two attached hydrogens (primary N) is 1. The third kappa shape index (κ3) is 3.94. The first kappa shape index (κ1) is 16.7. The van der Waals surface area contributed by atoms with Gasteiger partial charge in [-0.1, -0.05) is 37.8 Å². The molecule has 0 amide bonds. The normalized spacial score (nSPS) is 24.1. The number of nitrogens with zero attached hydrogens (tertiary/aromatic N) is 2. The molecule has 22 heavy (non-hydrogen) atoms.